The van der Waals surface area contributed by atoms with Crippen molar-refractivity contribution in [3.05, 3.63) is 118 Å². The monoisotopic (exact) mass is 1650 g/mol. The molecular weight excluding hydrogens is 1540 g/mol. The van der Waals surface area contributed by atoms with Crippen molar-refractivity contribution in [1.82, 2.24) is 68.4 Å². The first kappa shape index (κ1) is 95.7. The molecule has 3 aromatic carbocycles. The summed E-state index contributed by atoms with van der Waals surface area (Å²) >= 11 is 0. The zero-order valence-corrected chi connectivity index (χ0v) is 68.5. The highest BCUT2D eigenvalue weighted by atomic mass is 19.1. The number of halogens is 2. The smallest absolute Gasteiger partial charge is 0.335 e. The van der Waals surface area contributed by atoms with Crippen LogP contribution in [0.5, 0.6) is 0 Å². The van der Waals surface area contributed by atoms with Crippen molar-refractivity contribution in [2.75, 3.05) is 75.8 Å². The number of nitrogens with two attached hydrogens (primary N) is 4. The quantitative estimate of drug-likeness (QED) is 0.0201. The number of likely N-dealkylation sites (N-methyl/N-ethyl adjacent to an activating group) is 1. The number of nitrogens with one attached hydrogen (secondary N) is 12. The molecule has 2 unspecified atom stereocenters. The normalized spacial score (nSPS) is 20.6. The number of anilines is 2. The maximum Gasteiger partial charge on any atom is 0.335 e. The molecule has 118 heavy (non-hydrogen) atoms. The number of carbonyl (C=O) groups excluding carboxylic acids is 14. The fourth-order valence-electron chi connectivity index (χ4n) is 13.4. The SMILES string of the molecule is CCN(CC)CCNC(=O)c1c(C)[nH]c(/C=C2\C(=O)N(C(=O)N(C)c3c(F)cccc3COC(=O)C(C)C(C)C(=O)N[C@H](C(=O)N[C@H](CCN)C(=O)N[C@H]3CCNC(=O)[C@@H]([C@@H](C)O)NC(=O)[C@@H](CCN)NC(=O)[C@@H](CCN)NC(=O)[C@@H](CC(C)C)NC(=O)[C@@H](Cc4ccccc4)NC(=O)[C@@H](CCN)NC3=O)[C@@H](C)O)c3ccc(F)cc32)c1C. The molecule has 6 rings (SSSR count). The van der Waals surface area contributed by atoms with Crippen molar-refractivity contribution < 1.29 is 90.9 Å². The average Bonchev–Trinajstić information content (AvgIpc) is 1.60. The summed E-state index contributed by atoms with van der Waals surface area (Å²) in [5.41, 5.74) is 25.2. The van der Waals surface area contributed by atoms with Crippen molar-refractivity contribution in [3.63, 3.8) is 0 Å². The third kappa shape index (κ3) is 25.9. The number of aliphatic hydroxyl groups excluding tert-OH is 2. The number of amides is 14. The first-order valence-corrected chi connectivity index (χ1v) is 39.4. The van der Waals surface area contributed by atoms with Crippen LogP contribution in [0.15, 0.2) is 66.7 Å². The molecule has 0 aliphatic carbocycles. The van der Waals surface area contributed by atoms with Crippen LogP contribution in [0, 0.1) is 43.2 Å². The number of para-hydroxylation sites is 1. The van der Waals surface area contributed by atoms with Crippen molar-refractivity contribution in [1.29, 1.82) is 0 Å². The molecule has 0 radical (unpaired) electrons. The van der Waals surface area contributed by atoms with E-state index in [0.29, 0.717) is 41.2 Å². The summed E-state index contributed by atoms with van der Waals surface area (Å²) in [5.74, 6) is -17.1. The van der Waals surface area contributed by atoms with Crippen LogP contribution in [0.4, 0.5) is 25.0 Å². The van der Waals surface area contributed by atoms with Crippen LogP contribution in [0.3, 0.4) is 0 Å². The molecule has 1 saturated heterocycles. The topological polar surface area (TPSA) is 551 Å². The standard InChI is InChI=1S/C80H115F2N19O17/c1-12-100(13-2)35-34-88-75(112)63-44(7)59(89-45(63)8)39-52-51-38-50(81)22-23-62(51)101(78(52)115)80(117)99(11)66-49(20-17-21-53(66)82)40-118-79(116)43(6)42(5)67(104)97-65(47(10)103)77(114)94-56(26-31-85)69(106)93-58-28-33-87-76(113)64(46(9)102)98-72(109)57(27-32-86)91-68(105)54(24-29-83)92-73(110)60(36-41(3)4)95-74(111)61(37-48-18-15-14-16-19-48)96-70(107)55(25-30-84)90-71(58)108/h14-23,38-39,41-43,46-47,54-58,60-61,64-65,89,102-103H,12-13,24-37,40,83-86H2,1-11H3,(H,87,113)(H,88,112)(H,90,108)(H,91,105)(H,92,110)(H,93,106)(H,94,114)(H,95,111)(H,96,107)(H,97,104)(H,98,109)/b52-39-/t42?,43?,46-,47-,54-,55-,56-,57-,58+,60-,61-,64-,65+/m1/s1. The lowest BCUT2D eigenvalue weighted by Crippen LogP contribution is -2.61. The molecule has 22 N–H and O–H groups in total. The van der Waals surface area contributed by atoms with Gasteiger partial charge in [-0.1, -0.05) is 84.0 Å². The minimum atomic E-state index is -1.88. The molecule has 3 heterocycles. The summed E-state index contributed by atoms with van der Waals surface area (Å²) in [6, 6.07) is -0.122. The Morgan fingerprint density at radius 3 is 1.82 bits per heavy atom. The number of aliphatic hydroxyl groups is 2. The fraction of sp³-hybridized carbons (Fsp3) is 0.525. The number of nitrogens with zero attached hydrogens (tertiary/aromatic N) is 3. The van der Waals surface area contributed by atoms with E-state index in [4.69, 9.17) is 27.7 Å². The van der Waals surface area contributed by atoms with E-state index >= 15 is 8.78 Å². The molecule has 36 nitrogen and oxygen atoms in total. The van der Waals surface area contributed by atoms with Gasteiger partial charge in [0.15, 0.2) is 0 Å². The second-order valence-corrected chi connectivity index (χ2v) is 29.7. The number of fused-ring (bicyclic) bond motifs is 1. The van der Waals surface area contributed by atoms with E-state index in [1.165, 1.54) is 45.0 Å². The molecule has 38 heteroatoms. The highest BCUT2D eigenvalue weighted by Gasteiger charge is 2.43. The molecule has 2 aliphatic heterocycles. The number of hydrogen-bond donors (Lipinski definition) is 18. The molecule has 4 aromatic rings. The summed E-state index contributed by atoms with van der Waals surface area (Å²) in [6.07, 6.45) is -3.71. The number of carbonyl (C=O) groups is 14. The lowest BCUT2D eigenvalue weighted by Gasteiger charge is -2.29. The highest BCUT2D eigenvalue weighted by molar-refractivity contribution is 6.43. The van der Waals surface area contributed by atoms with Crippen LogP contribution in [0.1, 0.15) is 138 Å². The molecule has 2 aliphatic rings. The summed E-state index contributed by atoms with van der Waals surface area (Å²) in [5, 5.41) is 50.1. The van der Waals surface area contributed by atoms with Gasteiger partial charge in [0, 0.05) is 61.5 Å². The Kier molecular flexibility index (Phi) is 36.9. The number of H-pyrrole nitrogens is 1. The predicted octanol–water partition coefficient (Wildman–Crippen LogP) is -1.23. The summed E-state index contributed by atoms with van der Waals surface area (Å²) in [6.45, 7) is 16.2. The highest BCUT2D eigenvalue weighted by Crippen LogP contribution is 2.41. The van der Waals surface area contributed by atoms with E-state index in [-0.39, 0.29) is 98.9 Å². The largest absolute Gasteiger partial charge is 0.461 e. The summed E-state index contributed by atoms with van der Waals surface area (Å²) < 4.78 is 36.9. The number of rotatable bonds is 32. The van der Waals surface area contributed by atoms with E-state index in [1.807, 2.05) is 13.8 Å². The van der Waals surface area contributed by atoms with Crippen LogP contribution in [-0.2, 0) is 75.3 Å². The Labute approximate surface area is 683 Å². The minimum absolute atomic E-state index is 0.00567. The van der Waals surface area contributed by atoms with Gasteiger partial charge in [-0.05, 0) is 153 Å². The van der Waals surface area contributed by atoms with Gasteiger partial charge >= 0.3 is 12.0 Å². The number of aromatic amines is 1. The van der Waals surface area contributed by atoms with Crippen LogP contribution in [0.25, 0.3) is 11.6 Å². The lowest BCUT2D eigenvalue weighted by atomic mass is 9.94. The number of imide groups is 1. The maximum atomic E-state index is 16.2. The van der Waals surface area contributed by atoms with Crippen molar-refractivity contribution >= 4 is 106 Å². The number of ether oxygens (including phenoxy) is 1. The average molecular weight is 1650 g/mol. The van der Waals surface area contributed by atoms with Crippen LogP contribution >= 0.6 is 0 Å². The van der Waals surface area contributed by atoms with E-state index in [9.17, 15) is 77.3 Å². The lowest BCUT2D eigenvalue weighted by molar-refractivity contribution is -0.153. The molecule has 646 valence electrons. The predicted molar refractivity (Wildman–Crippen MR) is 433 cm³/mol. The molecule has 14 amide bonds. The summed E-state index contributed by atoms with van der Waals surface area (Å²) in [7, 11) is 1.16. The number of aryl methyl sites for hydroxylation is 1. The molecular formula is C80H115F2N19O17. The second-order valence-electron chi connectivity index (χ2n) is 29.7. The van der Waals surface area contributed by atoms with Gasteiger partial charge in [-0.15, -0.1) is 0 Å². The molecule has 0 saturated carbocycles. The molecule has 0 bridgehead atoms. The Hall–Kier alpha value is -11.2. The van der Waals surface area contributed by atoms with Gasteiger partial charge in [0.05, 0.1) is 40.6 Å². The number of urea groups is 1. The maximum absolute atomic E-state index is 16.2. The van der Waals surface area contributed by atoms with Crippen LogP contribution < -0.4 is 91.2 Å². The zero-order valence-electron chi connectivity index (χ0n) is 68.5. The third-order valence-electron chi connectivity index (χ3n) is 20.4. The second kappa shape index (κ2) is 45.5. The molecule has 0 spiro atoms. The first-order chi connectivity index (χ1) is 55.9. The van der Waals surface area contributed by atoms with Crippen LogP contribution in [0.2, 0.25) is 0 Å². The van der Waals surface area contributed by atoms with Gasteiger partial charge in [-0.25, -0.2) is 18.5 Å². The van der Waals surface area contributed by atoms with E-state index in [0.717, 1.165) is 55.1 Å². The van der Waals surface area contributed by atoms with E-state index in [2.05, 4.69) is 68.4 Å². The van der Waals surface area contributed by atoms with Gasteiger partial charge < -0.3 is 106 Å². The van der Waals surface area contributed by atoms with Gasteiger partial charge in [0.1, 0.15) is 72.6 Å². The van der Waals surface area contributed by atoms with Gasteiger partial charge in [-0.2, -0.15) is 0 Å². The Bertz CT molecular complexity index is 4270. The van der Waals surface area contributed by atoms with E-state index in [1.54, 1.807) is 58.0 Å². The Balaban J connectivity index is 1.20. The van der Waals surface area contributed by atoms with Crippen molar-refractivity contribution in [2.24, 2.45) is 40.7 Å². The number of esters is 1. The van der Waals surface area contributed by atoms with Crippen LogP contribution in [-0.4, -0.2) is 236 Å². The van der Waals surface area contributed by atoms with Crippen molar-refractivity contribution in [3.8, 4) is 0 Å². The van der Waals surface area contributed by atoms with Gasteiger partial charge in [-0.3, -0.25) is 67.2 Å². The van der Waals surface area contributed by atoms with Gasteiger partial charge in [0.2, 0.25) is 59.1 Å². The Morgan fingerprint density at radius 2 is 1.25 bits per heavy atom. The fourth-order valence-corrected chi connectivity index (χ4v) is 13.4. The number of hydrogen-bond acceptors (Lipinski definition) is 22. The molecule has 1 fully saturated rings. The summed E-state index contributed by atoms with van der Waals surface area (Å²) in [4.78, 5) is 206. The van der Waals surface area contributed by atoms with Crippen molar-refractivity contribution in [2.45, 2.75) is 187 Å². The number of benzene rings is 3. The molecule has 1 aromatic heterocycles. The number of aromatic nitrogens is 1. The van der Waals surface area contributed by atoms with Gasteiger partial charge in [0.25, 0.3) is 11.8 Å². The van der Waals surface area contributed by atoms with E-state index < -0.39 is 192 Å². The Morgan fingerprint density at radius 1 is 0.669 bits per heavy atom. The minimum Gasteiger partial charge on any atom is -0.461 e. The molecule has 13 atom stereocenters. The third-order valence-corrected chi connectivity index (χ3v) is 20.4. The zero-order chi connectivity index (χ0) is 87.5. The first-order valence-electron chi connectivity index (χ1n) is 39.4.